The first-order chi connectivity index (χ1) is 25.0. The molecule has 0 bridgehead atoms. The summed E-state index contributed by atoms with van der Waals surface area (Å²) in [5, 5.41) is 7.58. The predicted octanol–water partition coefficient (Wildman–Crippen LogP) is 12.9. The lowest BCUT2D eigenvalue weighted by atomic mass is 9.81. The third-order valence-electron chi connectivity index (χ3n) is 10.9. The summed E-state index contributed by atoms with van der Waals surface area (Å²) in [4.78, 5) is 10.5. The van der Waals surface area contributed by atoms with Crippen molar-refractivity contribution in [2.24, 2.45) is 0 Å². The van der Waals surface area contributed by atoms with E-state index in [-0.39, 0.29) is 5.41 Å². The molecule has 0 amide bonds. The van der Waals surface area contributed by atoms with Crippen molar-refractivity contribution in [3.05, 3.63) is 181 Å². The normalized spacial score (nSPS) is 13.1. The van der Waals surface area contributed by atoms with Crippen LogP contribution in [0.5, 0.6) is 0 Å². The van der Waals surface area contributed by atoms with Crippen molar-refractivity contribution in [3.8, 4) is 56.2 Å². The lowest BCUT2D eigenvalue weighted by Gasteiger charge is -2.22. The second-order valence-electron chi connectivity index (χ2n) is 14.2. The van der Waals surface area contributed by atoms with Crippen molar-refractivity contribution in [2.75, 3.05) is 0 Å². The van der Waals surface area contributed by atoms with Gasteiger partial charge in [0.05, 0.1) is 11.4 Å². The van der Waals surface area contributed by atoms with Crippen LogP contribution in [0, 0.1) is 0 Å². The molecule has 1 aliphatic carbocycles. The first kappa shape index (κ1) is 29.5. The monoisotopic (exact) mass is 650 g/mol. The number of hydrogen-bond donors (Lipinski definition) is 0. The van der Waals surface area contributed by atoms with Gasteiger partial charge in [-0.1, -0.05) is 159 Å². The van der Waals surface area contributed by atoms with Gasteiger partial charge in [-0.15, -0.1) is 0 Å². The fraction of sp³-hybridized carbons (Fsp3) is 0.0612. The average molecular weight is 651 g/mol. The highest BCUT2D eigenvalue weighted by atomic mass is 14.9. The molecule has 0 radical (unpaired) electrons. The molecule has 0 saturated heterocycles. The molecule has 8 aromatic carbocycles. The van der Waals surface area contributed by atoms with Crippen LogP contribution in [0.2, 0.25) is 0 Å². The molecule has 0 fully saturated rings. The lowest BCUT2D eigenvalue weighted by molar-refractivity contribution is 0.661. The summed E-state index contributed by atoms with van der Waals surface area (Å²) >= 11 is 0. The molecule has 0 unspecified atom stereocenters. The molecular weight excluding hydrogens is 617 g/mol. The van der Waals surface area contributed by atoms with Crippen molar-refractivity contribution >= 4 is 32.3 Å². The van der Waals surface area contributed by atoms with Crippen LogP contribution in [0.15, 0.2) is 170 Å². The minimum atomic E-state index is -0.133. The van der Waals surface area contributed by atoms with E-state index in [4.69, 9.17) is 9.97 Å². The number of nitrogens with zero attached hydrogens (tertiary/aromatic N) is 2. The summed E-state index contributed by atoms with van der Waals surface area (Å²) in [6.45, 7) is 4.69. The summed E-state index contributed by atoms with van der Waals surface area (Å²) in [6, 6.07) is 61.2. The average Bonchev–Trinajstić information content (AvgIpc) is 3.42. The molecule has 51 heavy (non-hydrogen) atoms. The van der Waals surface area contributed by atoms with Crippen LogP contribution in [0.1, 0.15) is 25.0 Å². The van der Waals surface area contributed by atoms with Gasteiger partial charge in [0.2, 0.25) is 0 Å². The Balaban J connectivity index is 1.14. The minimum Gasteiger partial charge on any atom is -0.228 e. The third kappa shape index (κ3) is 4.71. The van der Waals surface area contributed by atoms with Crippen LogP contribution < -0.4 is 0 Å². The van der Waals surface area contributed by atoms with Gasteiger partial charge >= 0.3 is 0 Å². The van der Waals surface area contributed by atoms with Crippen LogP contribution in [-0.2, 0) is 5.41 Å². The lowest BCUT2D eigenvalue weighted by Crippen LogP contribution is -2.14. The maximum Gasteiger partial charge on any atom is 0.160 e. The number of rotatable bonds is 4. The summed E-state index contributed by atoms with van der Waals surface area (Å²) < 4.78 is 0. The molecule has 9 aromatic rings. The minimum absolute atomic E-state index is 0.133. The van der Waals surface area contributed by atoms with Gasteiger partial charge in [0.15, 0.2) is 5.82 Å². The van der Waals surface area contributed by atoms with Crippen molar-refractivity contribution < 1.29 is 0 Å². The Bertz CT molecular complexity index is 2810. The van der Waals surface area contributed by atoms with Gasteiger partial charge < -0.3 is 0 Å². The SMILES string of the molecule is CC1(C)c2cc3ccccc3cc2-c2c(-c3cc(-c4ccc(-c5cc6ccccc6c6ccccc56)cc4)nc(-c4ccccc4)n3)cccc21. The van der Waals surface area contributed by atoms with Crippen molar-refractivity contribution in [1.82, 2.24) is 9.97 Å². The van der Waals surface area contributed by atoms with Crippen LogP contribution in [0.3, 0.4) is 0 Å². The van der Waals surface area contributed by atoms with E-state index < -0.39 is 0 Å². The fourth-order valence-electron chi connectivity index (χ4n) is 8.25. The second-order valence-corrected chi connectivity index (χ2v) is 14.2. The Kier molecular flexibility index (Phi) is 6.56. The van der Waals surface area contributed by atoms with Crippen LogP contribution >= 0.6 is 0 Å². The zero-order valence-electron chi connectivity index (χ0n) is 28.6. The highest BCUT2D eigenvalue weighted by Crippen LogP contribution is 2.53. The van der Waals surface area contributed by atoms with E-state index in [1.807, 2.05) is 6.07 Å². The molecule has 0 spiro atoms. The number of fused-ring (bicyclic) bond motifs is 7. The standard InChI is InChI=1S/C49H34N2/c1-49(2)43-22-12-21-40(47(43)42-27-34-15-6-7-16-35(34)29-44(42)49)46-30-45(50-48(51-46)33-13-4-3-5-14-33)32-25-23-31(24-26-32)41-28-36-17-8-9-18-37(36)38-19-10-11-20-39(38)41/h3-30H,1-2H3. The van der Waals surface area contributed by atoms with E-state index in [1.165, 1.54) is 65.7 Å². The van der Waals surface area contributed by atoms with E-state index in [1.54, 1.807) is 0 Å². The Labute approximate surface area is 297 Å². The topological polar surface area (TPSA) is 25.8 Å². The molecule has 10 rings (SSSR count). The number of aromatic nitrogens is 2. The first-order valence-electron chi connectivity index (χ1n) is 17.7. The van der Waals surface area contributed by atoms with E-state index in [0.29, 0.717) is 0 Å². The van der Waals surface area contributed by atoms with Gasteiger partial charge in [-0.2, -0.15) is 0 Å². The molecular formula is C49H34N2. The Hall–Kier alpha value is -6.38. The molecule has 2 heteroatoms. The Morgan fingerprint density at radius 2 is 0.980 bits per heavy atom. The van der Waals surface area contributed by atoms with Crippen molar-refractivity contribution in [2.45, 2.75) is 19.3 Å². The third-order valence-corrected chi connectivity index (χ3v) is 10.9. The predicted molar refractivity (Wildman–Crippen MR) is 214 cm³/mol. The quantitative estimate of drug-likeness (QED) is 0.177. The molecule has 240 valence electrons. The molecule has 0 aliphatic heterocycles. The van der Waals surface area contributed by atoms with Crippen LogP contribution in [-0.4, -0.2) is 9.97 Å². The van der Waals surface area contributed by atoms with E-state index in [9.17, 15) is 0 Å². The van der Waals surface area contributed by atoms with Crippen LogP contribution in [0.4, 0.5) is 0 Å². The number of hydrogen-bond acceptors (Lipinski definition) is 2. The summed E-state index contributed by atoms with van der Waals surface area (Å²) in [7, 11) is 0. The Morgan fingerprint density at radius 1 is 0.373 bits per heavy atom. The van der Waals surface area contributed by atoms with Crippen molar-refractivity contribution in [3.63, 3.8) is 0 Å². The zero-order valence-corrected chi connectivity index (χ0v) is 28.6. The maximum absolute atomic E-state index is 5.28. The highest BCUT2D eigenvalue weighted by Gasteiger charge is 2.37. The summed E-state index contributed by atoms with van der Waals surface area (Å²) in [5.41, 5.74) is 12.6. The van der Waals surface area contributed by atoms with E-state index in [2.05, 4.69) is 178 Å². The number of benzene rings is 8. The van der Waals surface area contributed by atoms with Gasteiger partial charge in [0.25, 0.3) is 0 Å². The fourth-order valence-corrected chi connectivity index (χ4v) is 8.25. The maximum atomic E-state index is 5.28. The smallest absolute Gasteiger partial charge is 0.160 e. The molecule has 0 atom stereocenters. The summed E-state index contributed by atoms with van der Waals surface area (Å²) in [6.07, 6.45) is 0. The molecule has 0 saturated carbocycles. The van der Waals surface area contributed by atoms with Crippen LogP contribution in [0.25, 0.3) is 88.5 Å². The van der Waals surface area contributed by atoms with Gasteiger partial charge in [-0.3, -0.25) is 0 Å². The zero-order chi connectivity index (χ0) is 34.1. The first-order valence-corrected chi connectivity index (χ1v) is 17.7. The van der Waals surface area contributed by atoms with E-state index in [0.717, 1.165) is 33.9 Å². The van der Waals surface area contributed by atoms with Crippen molar-refractivity contribution in [1.29, 1.82) is 0 Å². The largest absolute Gasteiger partial charge is 0.228 e. The van der Waals surface area contributed by atoms with Gasteiger partial charge in [-0.05, 0) is 90.0 Å². The van der Waals surface area contributed by atoms with Gasteiger partial charge in [-0.25, -0.2) is 9.97 Å². The van der Waals surface area contributed by atoms with Gasteiger partial charge in [0.1, 0.15) is 0 Å². The summed E-state index contributed by atoms with van der Waals surface area (Å²) in [5.74, 6) is 0.723. The van der Waals surface area contributed by atoms with Gasteiger partial charge in [0, 0.05) is 22.1 Å². The molecule has 2 nitrogen and oxygen atoms in total. The highest BCUT2D eigenvalue weighted by molar-refractivity contribution is 6.13. The molecule has 1 heterocycles. The second kappa shape index (κ2) is 11.3. The molecule has 1 aromatic heterocycles. The Morgan fingerprint density at radius 3 is 1.76 bits per heavy atom. The van der Waals surface area contributed by atoms with E-state index >= 15 is 0 Å². The molecule has 0 N–H and O–H groups in total. The molecule has 1 aliphatic rings.